The van der Waals surface area contributed by atoms with Gasteiger partial charge in [-0.05, 0) is 61.0 Å². The van der Waals surface area contributed by atoms with E-state index in [1.807, 2.05) is 12.1 Å². The van der Waals surface area contributed by atoms with Gasteiger partial charge in [0.05, 0.1) is 5.75 Å². The lowest BCUT2D eigenvalue weighted by Crippen LogP contribution is -2.46. The topological polar surface area (TPSA) is 61.4 Å². The Balaban J connectivity index is 1.25. The normalized spacial score (nSPS) is 13.9. The lowest BCUT2D eigenvalue weighted by molar-refractivity contribution is -0.113. The molecular weight excluding hydrogens is 413 g/mol. The Bertz CT molecular complexity index is 1020. The maximum atomic E-state index is 12.9. The lowest BCUT2D eigenvalue weighted by atomic mass is 10.2. The summed E-state index contributed by atoms with van der Waals surface area (Å²) in [5.41, 5.74) is 3.10. The molecule has 0 atom stereocenters. The molecule has 160 valence electrons. The van der Waals surface area contributed by atoms with E-state index in [0.717, 1.165) is 32.0 Å². The van der Waals surface area contributed by atoms with Crippen LogP contribution in [0.1, 0.15) is 5.56 Å². The molecule has 1 aliphatic heterocycles. The highest BCUT2D eigenvalue weighted by Crippen LogP contribution is 2.22. The molecule has 0 aliphatic carbocycles. The number of hydrogen-bond acceptors (Lipinski definition) is 6. The zero-order chi connectivity index (χ0) is 21.6. The number of thioether (sulfide) groups is 1. The summed E-state index contributed by atoms with van der Waals surface area (Å²) in [5, 5.41) is 12.0. The summed E-state index contributed by atoms with van der Waals surface area (Å²) in [6.45, 7) is 5.75. The molecule has 31 heavy (non-hydrogen) atoms. The number of piperazine rings is 1. The molecule has 8 heteroatoms. The van der Waals surface area contributed by atoms with Crippen molar-refractivity contribution in [2.75, 3.05) is 47.0 Å². The number of hydrogen-bond donors (Lipinski definition) is 1. The first-order valence-electron chi connectivity index (χ1n) is 10.2. The van der Waals surface area contributed by atoms with Crippen molar-refractivity contribution in [2.45, 2.75) is 11.9 Å². The van der Waals surface area contributed by atoms with E-state index >= 15 is 0 Å². The van der Waals surface area contributed by atoms with Crippen LogP contribution in [0.3, 0.4) is 0 Å². The van der Waals surface area contributed by atoms with Crippen molar-refractivity contribution in [1.82, 2.24) is 10.2 Å². The molecule has 2 aromatic carbocycles. The number of rotatable bonds is 6. The summed E-state index contributed by atoms with van der Waals surface area (Å²) in [4.78, 5) is 16.7. The summed E-state index contributed by atoms with van der Waals surface area (Å²) in [6, 6.07) is 18.1. The number of aromatic nitrogens is 2. The van der Waals surface area contributed by atoms with Crippen molar-refractivity contribution < 1.29 is 9.18 Å². The van der Waals surface area contributed by atoms with E-state index in [9.17, 15) is 9.18 Å². The Kier molecular flexibility index (Phi) is 6.66. The van der Waals surface area contributed by atoms with E-state index in [-0.39, 0.29) is 17.5 Å². The van der Waals surface area contributed by atoms with Gasteiger partial charge in [-0.15, -0.1) is 10.2 Å². The van der Waals surface area contributed by atoms with E-state index in [1.54, 1.807) is 0 Å². The largest absolute Gasteiger partial charge is 0.368 e. The summed E-state index contributed by atoms with van der Waals surface area (Å²) in [7, 11) is 0. The molecule has 1 aromatic heterocycles. The van der Waals surface area contributed by atoms with Gasteiger partial charge in [0.2, 0.25) is 5.91 Å². The van der Waals surface area contributed by atoms with Crippen LogP contribution in [0.2, 0.25) is 0 Å². The monoisotopic (exact) mass is 437 g/mol. The first kappa shape index (κ1) is 21.1. The molecule has 0 spiro atoms. The van der Waals surface area contributed by atoms with Gasteiger partial charge in [-0.1, -0.05) is 23.9 Å². The third-order valence-electron chi connectivity index (χ3n) is 5.08. The zero-order valence-corrected chi connectivity index (χ0v) is 18.1. The van der Waals surface area contributed by atoms with Crippen molar-refractivity contribution in [3.8, 4) is 0 Å². The van der Waals surface area contributed by atoms with Crippen LogP contribution in [-0.2, 0) is 4.79 Å². The van der Waals surface area contributed by atoms with Crippen molar-refractivity contribution in [3.63, 3.8) is 0 Å². The van der Waals surface area contributed by atoms with E-state index in [2.05, 4.69) is 56.5 Å². The SMILES string of the molecule is Cc1cccc(N2CCN(c3ccc(SCC(=O)Nc4ccc(F)cc4)nn3)CC2)c1. The zero-order valence-electron chi connectivity index (χ0n) is 17.3. The maximum absolute atomic E-state index is 12.9. The number of nitrogens with one attached hydrogen (secondary N) is 1. The first-order chi connectivity index (χ1) is 15.1. The first-order valence-corrected chi connectivity index (χ1v) is 11.1. The lowest BCUT2D eigenvalue weighted by Gasteiger charge is -2.36. The van der Waals surface area contributed by atoms with Gasteiger partial charge in [-0.2, -0.15) is 0 Å². The molecule has 0 radical (unpaired) electrons. The summed E-state index contributed by atoms with van der Waals surface area (Å²) in [5.74, 6) is 0.554. The highest BCUT2D eigenvalue weighted by molar-refractivity contribution is 7.99. The molecule has 1 amide bonds. The quantitative estimate of drug-likeness (QED) is 0.589. The van der Waals surface area contributed by atoms with Crippen LogP contribution < -0.4 is 15.1 Å². The molecule has 1 aliphatic rings. The Labute approximate surface area is 185 Å². The summed E-state index contributed by atoms with van der Waals surface area (Å²) < 4.78 is 12.9. The predicted molar refractivity (Wildman–Crippen MR) is 123 cm³/mol. The molecule has 3 aromatic rings. The molecule has 0 saturated carbocycles. The number of halogens is 1. The third kappa shape index (κ3) is 5.73. The van der Waals surface area contributed by atoms with Gasteiger partial charge in [0.1, 0.15) is 10.8 Å². The summed E-state index contributed by atoms with van der Waals surface area (Å²) >= 11 is 1.32. The van der Waals surface area contributed by atoms with E-state index in [0.29, 0.717) is 10.7 Å². The number of nitrogens with zero attached hydrogens (tertiary/aromatic N) is 4. The smallest absolute Gasteiger partial charge is 0.234 e. The van der Waals surface area contributed by atoms with Crippen molar-refractivity contribution in [1.29, 1.82) is 0 Å². The number of amides is 1. The predicted octanol–water partition coefficient (Wildman–Crippen LogP) is 3.98. The second-order valence-electron chi connectivity index (χ2n) is 7.39. The van der Waals surface area contributed by atoms with Crippen LogP contribution in [0.25, 0.3) is 0 Å². The molecule has 0 bridgehead atoms. The number of carbonyl (C=O) groups excluding carboxylic acids is 1. The van der Waals surface area contributed by atoms with Gasteiger partial charge in [0.25, 0.3) is 0 Å². The van der Waals surface area contributed by atoms with Crippen LogP contribution in [0, 0.1) is 12.7 Å². The highest BCUT2D eigenvalue weighted by atomic mass is 32.2. The summed E-state index contributed by atoms with van der Waals surface area (Å²) in [6.07, 6.45) is 0. The van der Waals surface area contributed by atoms with Gasteiger partial charge in [0, 0.05) is 37.6 Å². The van der Waals surface area contributed by atoms with E-state index in [4.69, 9.17) is 0 Å². The fraction of sp³-hybridized carbons (Fsp3) is 0.261. The Hall–Kier alpha value is -3.13. The average Bonchev–Trinajstić information content (AvgIpc) is 2.80. The van der Waals surface area contributed by atoms with Crippen LogP contribution in [-0.4, -0.2) is 48.0 Å². The molecule has 6 nitrogen and oxygen atoms in total. The van der Waals surface area contributed by atoms with Gasteiger partial charge in [0.15, 0.2) is 5.82 Å². The number of carbonyl (C=O) groups is 1. The van der Waals surface area contributed by atoms with Crippen molar-refractivity contribution in [2.24, 2.45) is 0 Å². The Morgan fingerprint density at radius 3 is 2.42 bits per heavy atom. The second kappa shape index (κ2) is 9.78. The fourth-order valence-corrected chi connectivity index (χ4v) is 4.06. The average molecular weight is 438 g/mol. The molecule has 1 saturated heterocycles. The van der Waals surface area contributed by atoms with Crippen molar-refractivity contribution >= 4 is 34.9 Å². The van der Waals surface area contributed by atoms with Gasteiger partial charge in [-0.3, -0.25) is 4.79 Å². The van der Waals surface area contributed by atoms with Crippen molar-refractivity contribution in [3.05, 3.63) is 72.0 Å². The van der Waals surface area contributed by atoms with E-state index < -0.39 is 0 Å². The standard InChI is InChI=1S/C23H24FN5OS/c1-17-3-2-4-20(15-17)28-11-13-29(14-12-28)21-9-10-23(27-26-21)31-16-22(30)25-19-7-5-18(24)6-8-19/h2-10,15H,11-14,16H2,1H3,(H,25,30). The number of aryl methyl sites for hydroxylation is 1. The molecule has 2 heterocycles. The van der Waals surface area contributed by atoms with Gasteiger partial charge in [-0.25, -0.2) is 4.39 Å². The van der Waals surface area contributed by atoms with Crippen LogP contribution in [0.15, 0.2) is 65.7 Å². The van der Waals surface area contributed by atoms with Crippen LogP contribution in [0.5, 0.6) is 0 Å². The maximum Gasteiger partial charge on any atom is 0.234 e. The van der Waals surface area contributed by atoms with Gasteiger partial charge >= 0.3 is 0 Å². The molecule has 0 unspecified atom stereocenters. The van der Waals surface area contributed by atoms with E-state index in [1.165, 1.54) is 47.3 Å². The van der Waals surface area contributed by atoms with Crippen LogP contribution in [0.4, 0.5) is 21.6 Å². The van der Waals surface area contributed by atoms with Gasteiger partial charge < -0.3 is 15.1 Å². The minimum atomic E-state index is -0.334. The molecule has 1 fully saturated rings. The van der Waals surface area contributed by atoms with Crippen LogP contribution >= 0.6 is 11.8 Å². The Morgan fingerprint density at radius 1 is 1.00 bits per heavy atom. The fourth-order valence-electron chi connectivity index (χ4n) is 3.45. The number of benzene rings is 2. The third-order valence-corrected chi connectivity index (χ3v) is 6.00. The second-order valence-corrected chi connectivity index (χ2v) is 8.38. The molecule has 4 rings (SSSR count). The molecule has 1 N–H and O–H groups in total. The minimum absolute atomic E-state index is 0.172. The number of anilines is 3. The minimum Gasteiger partial charge on any atom is -0.368 e. The highest BCUT2D eigenvalue weighted by Gasteiger charge is 2.19. The molecular formula is C23H24FN5OS. The Morgan fingerprint density at radius 2 is 1.74 bits per heavy atom.